The fourth-order valence-corrected chi connectivity index (χ4v) is 1.81. The van der Waals surface area contributed by atoms with E-state index in [-0.39, 0.29) is 5.91 Å². The van der Waals surface area contributed by atoms with Crippen molar-refractivity contribution in [2.45, 2.75) is 13.3 Å². The van der Waals surface area contributed by atoms with Gasteiger partial charge in [0.1, 0.15) is 5.75 Å². The van der Waals surface area contributed by atoms with Crippen molar-refractivity contribution in [3.05, 3.63) is 28.2 Å². The van der Waals surface area contributed by atoms with Crippen molar-refractivity contribution in [3.63, 3.8) is 0 Å². The van der Waals surface area contributed by atoms with Gasteiger partial charge < -0.3 is 15.2 Å². The van der Waals surface area contributed by atoms with Crippen molar-refractivity contribution in [1.29, 1.82) is 0 Å². The molecular formula is C13H16BrNO4. The number of aliphatic carboxylic acids is 1. The second kappa shape index (κ2) is 7.13. The van der Waals surface area contributed by atoms with Crippen LogP contribution < -0.4 is 10.1 Å². The summed E-state index contributed by atoms with van der Waals surface area (Å²) in [6.45, 7) is 1.92. The molecule has 0 saturated carbocycles. The Labute approximate surface area is 120 Å². The number of nitrogens with one attached hydrogen (secondary N) is 1. The van der Waals surface area contributed by atoms with E-state index >= 15 is 0 Å². The maximum absolute atomic E-state index is 11.9. The summed E-state index contributed by atoms with van der Waals surface area (Å²) in [5.74, 6) is -1.15. The molecule has 104 valence electrons. The Morgan fingerprint density at radius 3 is 2.74 bits per heavy atom. The zero-order valence-electron chi connectivity index (χ0n) is 10.8. The lowest BCUT2D eigenvalue weighted by Gasteiger charge is -2.10. The normalized spacial score (nSPS) is 11.7. The molecule has 1 atom stereocenters. The molecule has 0 aliphatic carbocycles. The van der Waals surface area contributed by atoms with E-state index < -0.39 is 11.9 Å². The number of benzene rings is 1. The number of carboxylic acid groups (broad SMARTS) is 1. The van der Waals surface area contributed by atoms with Crippen LogP contribution in [0.15, 0.2) is 22.7 Å². The number of carboxylic acids is 1. The van der Waals surface area contributed by atoms with Gasteiger partial charge in [0.15, 0.2) is 0 Å². The van der Waals surface area contributed by atoms with Gasteiger partial charge in [-0.05, 0) is 24.6 Å². The highest BCUT2D eigenvalue weighted by Gasteiger charge is 2.14. The van der Waals surface area contributed by atoms with Crippen LogP contribution in [0.2, 0.25) is 0 Å². The molecule has 0 aliphatic rings. The van der Waals surface area contributed by atoms with E-state index in [1.165, 1.54) is 7.11 Å². The van der Waals surface area contributed by atoms with E-state index in [0.717, 1.165) is 4.47 Å². The highest BCUT2D eigenvalue weighted by molar-refractivity contribution is 9.10. The smallest absolute Gasteiger partial charge is 0.306 e. The standard InChI is InChI=1S/C13H16BrNO4/c1-8(13(17)18)5-6-15-12(16)10-4-3-9(14)7-11(10)19-2/h3-4,7-8H,5-6H2,1-2H3,(H,15,16)(H,17,18). The van der Waals surface area contributed by atoms with Crippen molar-refractivity contribution >= 4 is 27.8 Å². The Bertz CT molecular complexity index is 476. The van der Waals surface area contributed by atoms with Crippen LogP contribution >= 0.6 is 15.9 Å². The SMILES string of the molecule is COc1cc(Br)ccc1C(=O)NCCC(C)C(=O)O. The molecule has 0 radical (unpaired) electrons. The number of hydrogen-bond donors (Lipinski definition) is 2. The maximum atomic E-state index is 11.9. The molecule has 0 aliphatic heterocycles. The minimum atomic E-state index is -0.865. The number of ether oxygens (including phenoxy) is 1. The minimum Gasteiger partial charge on any atom is -0.496 e. The molecule has 19 heavy (non-hydrogen) atoms. The monoisotopic (exact) mass is 329 g/mol. The second-order valence-corrected chi connectivity index (χ2v) is 5.04. The molecule has 0 aromatic heterocycles. The quantitative estimate of drug-likeness (QED) is 0.839. The zero-order valence-corrected chi connectivity index (χ0v) is 12.4. The number of amides is 1. The first-order valence-corrected chi connectivity index (χ1v) is 6.59. The van der Waals surface area contributed by atoms with E-state index in [2.05, 4.69) is 21.2 Å². The highest BCUT2D eigenvalue weighted by Crippen LogP contribution is 2.23. The van der Waals surface area contributed by atoms with E-state index in [1.807, 2.05) is 0 Å². The Balaban J connectivity index is 2.61. The van der Waals surface area contributed by atoms with Gasteiger partial charge in [-0.15, -0.1) is 0 Å². The molecule has 1 aromatic carbocycles. The van der Waals surface area contributed by atoms with Crippen LogP contribution in [0.5, 0.6) is 5.75 Å². The summed E-state index contributed by atoms with van der Waals surface area (Å²) in [5, 5.41) is 11.4. The predicted octanol–water partition coefficient (Wildman–Crippen LogP) is 2.30. The van der Waals surface area contributed by atoms with Gasteiger partial charge in [-0.25, -0.2) is 0 Å². The molecule has 0 saturated heterocycles. The molecule has 0 bridgehead atoms. The van der Waals surface area contributed by atoms with Gasteiger partial charge in [-0.3, -0.25) is 9.59 Å². The molecule has 0 spiro atoms. The largest absolute Gasteiger partial charge is 0.496 e. The first kappa shape index (κ1) is 15.5. The van der Waals surface area contributed by atoms with Gasteiger partial charge in [0.05, 0.1) is 18.6 Å². The number of methoxy groups -OCH3 is 1. The van der Waals surface area contributed by atoms with Crippen LogP contribution in [0.3, 0.4) is 0 Å². The molecule has 1 aromatic rings. The van der Waals surface area contributed by atoms with Crippen LogP contribution in [-0.4, -0.2) is 30.6 Å². The lowest BCUT2D eigenvalue weighted by Crippen LogP contribution is -2.27. The third-order valence-corrected chi connectivity index (χ3v) is 3.19. The number of rotatable bonds is 6. The molecule has 6 heteroatoms. The van der Waals surface area contributed by atoms with E-state index in [4.69, 9.17) is 9.84 Å². The number of hydrogen-bond acceptors (Lipinski definition) is 3. The first-order chi connectivity index (χ1) is 8.95. The summed E-state index contributed by atoms with van der Waals surface area (Å²) in [4.78, 5) is 22.6. The molecular weight excluding hydrogens is 314 g/mol. The van der Waals surface area contributed by atoms with Gasteiger partial charge in [0.2, 0.25) is 0 Å². The van der Waals surface area contributed by atoms with E-state index in [1.54, 1.807) is 25.1 Å². The van der Waals surface area contributed by atoms with Crippen LogP contribution in [0.25, 0.3) is 0 Å². The van der Waals surface area contributed by atoms with Crippen molar-refractivity contribution in [1.82, 2.24) is 5.32 Å². The molecule has 1 rings (SSSR count). The van der Waals surface area contributed by atoms with Crippen molar-refractivity contribution in [2.75, 3.05) is 13.7 Å². The van der Waals surface area contributed by atoms with Crippen molar-refractivity contribution < 1.29 is 19.4 Å². The van der Waals surface area contributed by atoms with Crippen LogP contribution in [0.4, 0.5) is 0 Å². The van der Waals surface area contributed by atoms with Crippen LogP contribution in [0, 0.1) is 5.92 Å². The third-order valence-electron chi connectivity index (χ3n) is 2.69. The lowest BCUT2D eigenvalue weighted by molar-refractivity contribution is -0.141. The number of carbonyl (C=O) groups excluding carboxylic acids is 1. The molecule has 5 nitrogen and oxygen atoms in total. The van der Waals surface area contributed by atoms with Crippen LogP contribution in [-0.2, 0) is 4.79 Å². The maximum Gasteiger partial charge on any atom is 0.306 e. The molecule has 0 heterocycles. The first-order valence-electron chi connectivity index (χ1n) is 5.80. The topological polar surface area (TPSA) is 75.6 Å². The van der Waals surface area contributed by atoms with Gasteiger partial charge in [-0.2, -0.15) is 0 Å². The summed E-state index contributed by atoms with van der Waals surface area (Å²) < 4.78 is 5.95. The number of carbonyl (C=O) groups is 2. The average Bonchev–Trinajstić information content (AvgIpc) is 2.37. The minimum absolute atomic E-state index is 0.276. The molecule has 1 unspecified atom stereocenters. The Hall–Kier alpha value is -1.56. The highest BCUT2D eigenvalue weighted by atomic mass is 79.9. The summed E-state index contributed by atoms with van der Waals surface area (Å²) in [7, 11) is 1.49. The van der Waals surface area contributed by atoms with Gasteiger partial charge >= 0.3 is 5.97 Å². The fraction of sp³-hybridized carbons (Fsp3) is 0.385. The summed E-state index contributed by atoms with van der Waals surface area (Å²) in [6.07, 6.45) is 0.389. The van der Waals surface area contributed by atoms with Crippen LogP contribution in [0.1, 0.15) is 23.7 Å². The van der Waals surface area contributed by atoms with Gasteiger partial charge in [0.25, 0.3) is 5.91 Å². The van der Waals surface area contributed by atoms with Gasteiger partial charge in [-0.1, -0.05) is 22.9 Å². The van der Waals surface area contributed by atoms with Gasteiger partial charge in [0, 0.05) is 11.0 Å². The molecule has 1 amide bonds. The summed E-state index contributed by atoms with van der Waals surface area (Å²) in [6, 6.07) is 5.10. The lowest BCUT2D eigenvalue weighted by atomic mass is 10.1. The number of halogens is 1. The average molecular weight is 330 g/mol. The second-order valence-electron chi connectivity index (χ2n) is 4.13. The zero-order chi connectivity index (χ0) is 14.4. The summed E-state index contributed by atoms with van der Waals surface area (Å²) >= 11 is 3.30. The fourth-order valence-electron chi connectivity index (χ4n) is 1.47. The Kier molecular flexibility index (Phi) is 5.82. The molecule has 0 fully saturated rings. The predicted molar refractivity (Wildman–Crippen MR) is 74.4 cm³/mol. The van der Waals surface area contributed by atoms with Crippen molar-refractivity contribution in [3.8, 4) is 5.75 Å². The third kappa shape index (κ3) is 4.55. The molecule has 2 N–H and O–H groups in total. The van der Waals surface area contributed by atoms with Crippen molar-refractivity contribution in [2.24, 2.45) is 5.92 Å². The Morgan fingerprint density at radius 1 is 1.47 bits per heavy atom. The van der Waals surface area contributed by atoms with E-state index in [0.29, 0.717) is 24.3 Å². The summed E-state index contributed by atoms with van der Waals surface area (Å²) in [5.41, 5.74) is 0.425. The Morgan fingerprint density at radius 2 is 2.16 bits per heavy atom. The van der Waals surface area contributed by atoms with E-state index in [9.17, 15) is 9.59 Å².